The van der Waals surface area contributed by atoms with Crippen molar-refractivity contribution < 1.29 is 14.3 Å². The van der Waals surface area contributed by atoms with Crippen LogP contribution in [0.5, 0.6) is 11.5 Å². The zero-order valence-electron chi connectivity index (χ0n) is 10.8. The van der Waals surface area contributed by atoms with Crippen LogP contribution in [0.4, 0.5) is 0 Å². The summed E-state index contributed by atoms with van der Waals surface area (Å²) in [7, 11) is 0. The Morgan fingerprint density at radius 3 is 3.00 bits per heavy atom. The van der Waals surface area contributed by atoms with E-state index in [1.54, 1.807) is 12.1 Å². The number of halogens is 1. The van der Waals surface area contributed by atoms with Gasteiger partial charge in [-0.2, -0.15) is 0 Å². The fourth-order valence-electron chi connectivity index (χ4n) is 2.69. The van der Waals surface area contributed by atoms with Gasteiger partial charge in [0.25, 0.3) is 5.91 Å². The fourth-order valence-corrected chi connectivity index (χ4v) is 3.68. The van der Waals surface area contributed by atoms with Crippen LogP contribution >= 0.6 is 15.9 Å². The number of fused-ring (bicyclic) bond motifs is 1. The molecule has 0 bridgehead atoms. The van der Waals surface area contributed by atoms with Crippen LogP contribution in [0.15, 0.2) is 18.2 Å². The third-order valence-corrected chi connectivity index (χ3v) is 4.58. The van der Waals surface area contributed by atoms with Crippen molar-refractivity contribution >= 4 is 21.8 Å². The highest BCUT2D eigenvalue weighted by Crippen LogP contribution is 2.34. The maximum Gasteiger partial charge on any atom is 0.254 e. The predicted octanol–water partition coefficient (Wildman–Crippen LogP) is 2.66. The molecule has 1 aromatic rings. The first-order chi connectivity index (χ1) is 9.20. The summed E-state index contributed by atoms with van der Waals surface area (Å²) in [6.45, 7) is 3.25. The van der Waals surface area contributed by atoms with Gasteiger partial charge in [0.1, 0.15) is 0 Å². The molecule has 0 aliphatic carbocycles. The zero-order valence-corrected chi connectivity index (χ0v) is 12.4. The van der Waals surface area contributed by atoms with Crippen molar-refractivity contribution in [3.63, 3.8) is 0 Å². The van der Waals surface area contributed by atoms with E-state index < -0.39 is 0 Å². The Morgan fingerprint density at radius 2 is 2.21 bits per heavy atom. The van der Waals surface area contributed by atoms with Crippen molar-refractivity contribution in [2.75, 3.05) is 18.7 Å². The average Bonchev–Trinajstić information content (AvgIpc) is 3.02. The molecule has 0 radical (unpaired) electrons. The first-order valence-corrected chi connectivity index (χ1v) is 7.59. The number of amides is 1. The summed E-state index contributed by atoms with van der Waals surface area (Å²) in [5.74, 6) is 1.99. The van der Waals surface area contributed by atoms with Crippen molar-refractivity contribution in [2.45, 2.75) is 19.4 Å². The van der Waals surface area contributed by atoms with Crippen LogP contribution < -0.4 is 9.47 Å². The summed E-state index contributed by atoms with van der Waals surface area (Å²) in [6, 6.07) is 5.67. The smallest absolute Gasteiger partial charge is 0.254 e. The van der Waals surface area contributed by atoms with Crippen LogP contribution in [-0.4, -0.2) is 35.5 Å². The summed E-state index contributed by atoms with van der Waals surface area (Å²) in [4.78, 5) is 14.5. The summed E-state index contributed by atoms with van der Waals surface area (Å²) in [5, 5.41) is 0.824. The van der Waals surface area contributed by atoms with Crippen LogP contribution in [0.2, 0.25) is 0 Å². The van der Waals surface area contributed by atoms with Crippen molar-refractivity contribution in [1.29, 1.82) is 0 Å². The molecule has 2 aliphatic rings. The lowest BCUT2D eigenvalue weighted by Gasteiger charge is -2.25. The van der Waals surface area contributed by atoms with Crippen molar-refractivity contribution in [2.24, 2.45) is 5.92 Å². The van der Waals surface area contributed by atoms with E-state index >= 15 is 0 Å². The number of benzene rings is 1. The summed E-state index contributed by atoms with van der Waals surface area (Å²) in [5.41, 5.74) is 0.671. The number of rotatable bonds is 2. The third kappa shape index (κ3) is 2.20. The van der Waals surface area contributed by atoms with Gasteiger partial charge in [-0.3, -0.25) is 4.79 Å². The molecule has 0 spiro atoms. The average molecular weight is 326 g/mol. The molecule has 1 amide bonds. The zero-order chi connectivity index (χ0) is 13.4. The molecule has 0 N–H and O–H groups in total. The van der Waals surface area contributed by atoms with Crippen molar-refractivity contribution in [3.8, 4) is 11.5 Å². The molecule has 1 fully saturated rings. The summed E-state index contributed by atoms with van der Waals surface area (Å²) in [6.07, 6.45) is 1.06. The largest absolute Gasteiger partial charge is 0.454 e. The first-order valence-electron chi connectivity index (χ1n) is 6.47. The molecule has 2 aliphatic heterocycles. The Bertz CT molecular complexity index is 505. The van der Waals surface area contributed by atoms with E-state index in [9.17, 15) is 4.79 Å². The molecule has 2 heterocycles. The lowest BCUT2D eigenvalue weighted by Crippen LogP contribution is -2.38. The fraction of sp³-hybridized carbons (Fsp3) is 0.500. The number of likely N-dealkylation sites (tertiary alicyclic amines) is 1. The van der Waals surface area contributed by atoms with E-state index in [0.29, 0.717) is 23.0 Å². The second-order valence-corrected chi connectivity index (χ2v) is 5.70. The Balaban J connectivity index is 1.84. The van der Waals surface area contributed by atoms with Gasteiger partial charge < -0.3 is 14.4 Å². The topological polar surface area (TPSA) is 38.8 Å². The first kappa shape index (κ1) is 12.8. The molecule has 102 valence electrons. The highest BCUT2D eigenvalue weighted by molar-refractivity contribution is 9.09. The molecule has 4 nitrogen and oxygen atoms in total. The molecule has 0 saturated carbocycles. The van der Waals surface area contributed by atoms with Gasteiger partial charge in [-0.05, 0) is 30.5 Å². The Kier molecular flexibility index (Phi) is 3.39. The van der Waals surface area contributed by atoms with Gasteiger partial charge in [0.15, 0.2) is 11.5 Å². The molecule has 5 heteroatoms. The molecular formula is C14H16BrNO3. The molecule has 3 rings (SSSR count). The number of carbonyl (C=O) groups excluding carboxylic acids is 1. The minimum atomic E-state index is 0.0760. The van der Waals surface area contributed by atoms with E-state index in [0.717, 1.165) is 18.3 Å². The Hall–Kier alpha value is -1.23. The number of ether oxygens (including phenoxy) is 2. The van der Waals surface area contributed by atoms with E-state index in [-0.39, 0.29) is 18.7 Å². The summed E-state index contributed by atoms with van der Waals surface area (Å²) < 4.78 is 10.6. The highest BCUT2D eigenvalue weighted by atomic mass is 79.9. The minimum absolute atomic E-state index is 0.0760. The molecule has 1 saturated heterocycles. The van der Waals surface area contributed by atoms with Crippen LogP contribution in [0.25, 0.3) is 0 Å². The van der Waals surface area contributed by atoms with Crippen molar-refractivity contribution in [1.82, 2.24) is 4.90 Å². The van der Waals surface area contributed by atoms with Crippen LogP contribution in [-0.2, 0) is 0 Å². The number of hydrogen-bond donors (Lipinski definition) is 0. The van der Waals surface area contributed by atoms with Crippen LogP contribution in [0.3, 0.4) is 0 Å². The van der Waals surface area contributed by atoms with Gasteiger partial charge in [-0.15, -0.1) is 0 Å². The van der Waals surface area contributed by atoms with Gasteiger partial charge in [0, 0.05) is 23.5 Å². The van der Waals surface area contributed by atoms with Gasteiger partial charge in [-0.1, -0.05) is 22.9 Å². The molecule has 1 aromatic carbocycles. The van der Waals surface area contributed by atoms with Gasteiger partial charge in [0.05, 0.1) is 0 Å². The number of carbonyl (C=O) groups is 1. The Labute approximate surface area is 120 Å². The second-order valence-electron chi connectivity index (χ2n) is 5.05. The maximum atomic E-state index is 12.6. The molecular weight excluding hydrogens is 310 g/mol. The van der Waals surface area contributed by atoms with E-state index in [2.05, 4.69) is 22.9 Å². The van der Waals surface area contributed by atoms with Crippen LogP contribution in [0.1, 0.15) is 23.7 Å². The second kappa shape index (κ2) is 5.04. The van der Waals surface area contributed by atoms with Crippen LogP contribution in [0, 0.1) is 5.92 Å². The van der Waals surface area contributed by atoms with Gasteiger partial charge >= 0.3 is 0 Å². The highest BCUT2D eigenvalue weighted by Gasteiger charge is 2.34. The Morgan fingerprint density at radius 1 is 1.42 bits per heavy atom. The predicted molar refractivity (Wildman–Crippen MR) is 75.0 cm³/mol. The molecule has 19 heavy (non-hydrogen) atoms. The number of hydrogen-bond acceptors (Lipinski definition) is 3. The molecule has 2 unspecified atom stereocenters. The lowest BCUT2D eigenvalue weighted by atomic mass is 10.0. The quantitative estimate of drug-likeness (QED) is 0.785. The van der Waals surface area contributed by atoms with Crippen molar-refractivity contribution in [3.05, 3.63) is 23.8 Å². The van der Waals surface area contributed by atoms with E-state index in [4.69, 9.17) is 9.47 Å². The standard InChI is InChI=1S/C14H16BrNO3/c1-9-4-5-16(11(9)7-15)14(17)10-2-3-12-13(6-10)19-8-18-12/h2-3,6,9,11H,4-5,7-8H2,1H3. The minimum Gasteiger partial charge on any atom is -0.454 e. The number of nitrogens with zero attached hydrogens (tertiary/aromatic N) is 1. The monoisotopic (exact) mass is 325 g/mol. The molecule has 2 atom stereocenters. The summed E-state index contributed by atoms with van der Waals surface area (Å²) >= 11 is 3.51. The normalized spacial score (nSPS) is 24.8. The van der Waals surface area contributed by atoms with E-state index in [1.807, 2.05) is 11.0 Å². The third-order valence-electron chi connectivity index (χ3n) is 3.92. The number of alkyl halides is 1. The maximum absolute atomic E-state index is 12.6. The molecule has 0 aromatic heterocycles. The van der Waals surface area contributed by atoms with Gasteiger partial charge in [0.2, 0.25) is 6.79 Å². The SMILES string of the molecule is CC1CCN(C(=O)c2ccc3c(c2)OCO3)C1CBr. The van der Waals surface area contributed by atoms with Gasteiger partial charge in [-0.25, -0.2) is 0 Å². The lowest BCUT2D eigenvalue weighted by molar-refractivity contribution is 0.0738. The van der Waals surface area contributed by atoms with E-state index in [1.165, 1.54) is 0 Å².